The second-order valence-corrected chi connectivity index (χ2v) is 5.90. The number of rotatable bonds is 6. The minimum Gasteiger partial charge on any atom is -0.349 e. The molecular weight excluding hydrogens is 322 g/mol. The molecule has 2 aromatic rings. The summed E-state index contributed by atoms with van der Waals surface area (Å²) in [5.74, 6) is -0.648. The lowest BCUT2D eigenvalue weighted by molar-refractivity contribution is -0.385. The van der Waals surface area contributed by atoms with Crippen molar-refractivity contribution in [1.29, 1.82) is 0 Å². The molecule has 0 atom stereocenters. The van der Waals surface area contributed by atoms with Gasteiger partial charge in [-0.3, -0.25) is 19.7 Å². The third-order valence-corrected chi connectivity index (χ3v) is 3.90. The predicted octanol–water partition coefficient (Wildman–Crippen LogP) is 2.67. The molecule has 2 amide bonds. The Bertz CT molecular complexity index is 831. The van der Waals surface area contributed by atoms with Crippen LogP contribution in [0.5, 0.6) is 0 Å². The van der Waals surface area contributed by atoms with Crippen LogP contribution >= 0.6 is 0 Å². The zero-order valence-corrected chi connectivity index (χ0v) is 13.4. The average molecular weight is 339 g/mol. The maximum Gasteiger partial charge on any atom is 0.273 e. The molecule has 0 saturated heterocycles. The SMILES string of the molecule is O=C(Cc1ccccc1[N+](=O)[O-])Nc1ccccc1C(=O)NC1CC1. The first-order valence-electron chi connectivity index (χ1n) is 7.96. The third-order valence-electron chi connectivity index (χ3n) is 3.90. The molecule has 2 aromatic carbocycles. The Morgan fingerprint density at radius 3 is 2.48 bits per heavy atom. The monoisotopic (exact) mass is 339 g/mol. The maximum absolute atomic E-state index is 12.3. The van der Waals surface area contributed by atoms with Gasteiger partial charge in [-0.15, -0.1) is 0 Å². The summed E-state index contributed by atoms with van der Waals surface area (Å²) in [5.41, 5.74) is 0.997. The van der Waals surface area contributed by atoms with Crippen LogP contribution < -0.4 is 10.6 Å². The topological polar surface area (TPSA) is 101 Å². The van der Waals surface area contributed by atoms with Crippen LogP contribution in [0.15, 0.2) is 48.5 Å². The smallest absolute Gasteiger partial charge is 0.273 e. The number of hydrogen-bond donors (Lipinski definition) is 2. The van der Waals surface area contributed by atoms with E-state index in [-0.39, 0.29) is 24.1 Å². The van der Waals surface area contributed by atoms with E-state index in [9.17, 15) is 19.7 Å². The summed E-state index contributed by atoms with van der Waals surface area (Å²) in [4.78, 5) is 35.1. The van der Waals surface area contributed by atoms with Gasteiger partial charge in [0.05, 0.1) is 22.6 Å². The van der Waals surface area contributed by atoms with Crippen molar-refractivity contribution in [2.24, 2.45) is 0 Å². The molecular formula is C18H17N3O4. The van der Waals surface area contributed by atoms with E-state index in [2.05, 4.69) is 10.6 Å². The molecule has 7 nitrogen and oxygen atoms in total. The molecule has 0 unspecified atom stereocenters. The van der Waals surface area contributed by atoms with Gasteiger partial charge in [-0.1, -0.05) is 30.3 Å². The molecule has 0 aromatic heterocycles. The van der Waals surface area contributed by atoms with E-state index < -0.39 is 10.8 Å². The Morgan fingerprint density at radius 1 is 1.08 bits per heavy atom. The Balaban J connectivity index is 1.73. The van der Waals surface area contributed by atoms with Crippen molar-refractivity contribution in [3.63, 3.8) is 0 Å². The second-order valence-electron chi connectivity index (χ2n) is 5.90. The number of nitro groups is 1. The van der Waals surface area contributed by atoms with Gasteiger partial charge in [-0.2, -0.15) is 0 Å². The number of amides is 2. The molecule has 2 N–H and O–H groups in total. The van der Waals surface area contributed by atoms with E-state index in [1.54, 1.807) is 42.5 Å². The molecule has 1 aliphatic rings. The van der Waals surface area contributed by atoms with Gasteiger partial charge >= 0.3 is 0 Å². The molecule has 1 saturated carbocycles. The van der Waals surface area contributed by atoms with E-state index in [1.165, 1.54) is 6.07 Å². The van der Waals surface area contributed by atoms with Gasteiger partial charge in [0.1, 0.15) is 0 Å². The Hall–Kier alpha value is -3.22. The number of carbonyl (C=O) groups excluding carboxylic acids is 2. The molecule has 3 rings (SSSR count). The quantitative estimate of drug-likeness (QED) is 0.624. The summed E-state index contributed by atoms with van der Waals surface area (Å²) in [6.07, 6.45) is 1.80. The predicted molar refractivity (Wildman–Crippen MR) is 92.4 cm³/mol. The number of benzene rings is 2. The highest BCUT2D eigenvalue weighted by molar-refractivity contribution is 6.04. The van der Waals surface area contributed by atoms with E-state index in [1.807, 2.05) is 0 Å². The van der Waals surface area contributed by atoms with Crippen LogP contribution in [0.2, 0.25) is 0 Å². The van der Waals surface area contributed by atoms with Crippen molar-refractivity contribution in [3.8, 4) is 0 Å². The van der Waals surface area contributed by atoms with Crippen molar-refractivity contribution >= 4 is 23.2 Å². The van der Waals surface area contributed by atoms with Crippen LogP contribution in [0.25, 0.3) is 0 Å². The number of hydrogen-bond acceptors (Lipinski definition) is 4. The highest BCUT2D eigenvalue weighted by atomic mass is 16.6. The number of nitro benzene ring substituents is 1. The lowest BCUT2D eigenvalue weighted by atomic mass is 10.1. The number of nitrogens with one attached hydrogen (secondary N) is 2. The Labute approximate surface area is 144 Å². The number of carbonyl (C=O) groups is 2. The largest absolute Gasteiger partial charge is 0.349 e. The van der Waals surface area contributed by atoms with Crippen molar-refractivity contribution in [2.45, 2.75) is 25.3 Å². The summed E-state index contributed by atoms with van der Waals surface area (Å²) in [7, 11) is 0. The summed E-state index contributed by atoms with van der Waals surface area (Å²) >= 11 is 0. The van der Waals surface area contributed by atoms with Crippen molar-refractivity contribution in [2.75, 3.05) is 5.32 Å². The standard InChI is InChI=1S/C18H17N3O4/c22-17(11-12-5-1-4-8-16(12)21(24)25)20-15-7-3-2-6-14(15)18(23)19-13-9-10-13/h1-8,13H,9-11H2,(H,19,23)(H,20,22). The molecule has 0 aliphatic heterocycles. The molecule has 0 radical (unpaired) electrons. The second kappa shape index (κ2) is 7.12. The number of nitrogens with zero attached hydrogens (tertiary/aromatic N) is 1. The maximum atomic E-state index is 12.3. The summed E-state index contributed by atoms with van der Waals surface area (Å²) < 4.78 is 0. The fourth-order valence-electron chi connectivity index (χ4n) is 2.49. The average Bonchev–Trinajstić information content (AvgIpc) is 3.39. The molecule has 1 aliphatic carbocycles. The van der Waals surface area contributed by atoms with Crippen LogP contribution in [0, 0.1) is 10.1 Å². The van der Waals surface area contributed by atoms with Crippen molar-refractivity contribution < 1.29 is 14.5 Å². The summed E-state index contributed by atoms with van der Waals surface area (Å²) in [6.45, 7) is 0. The van der Waals surface area contributed by atoms with Crippen LogP contribution in [0.1, 0.15) is 28.8 Å². The van der Waals surface area contributed by atoms with Gasteiger partial charge in [0.25, 0.3) is 11.6 Å². The molecule has 128 valence electrons. The van der Waals surface area contributed by atoms with E-state index in [0.29, 0.717) is 16.8 Å². The number of anilines is 1. The normalized spacial score (nSPS) is 13.1. The van der Waals surface area contributed by atoms with Gasteiger partial charge in [-0.05, 0) is 25.0 Å². The first-order chi connectivity index (χ1) is 12.0. The first-order valence-corrected chi connectivity index (χ1v) is 7.96. The van der Waals surface area contributed by atoms with E-state index >= 15 is 0 Å². The Morgan fingerprint density at radius 2 is 1.76 bits per heavy atom. The lowest BCUT2D eigenvalue weighted by Crippen LogP contribution is -2.27. The van der Waals surface area contributed by atoms with Crippen LogP contribution in [-0.2, 0) is 11.2 Å². The van der Waals surface area contributed by atoms with Gasteiger partial charge < -0.3 is 10.6 Å². The lowest BCUT2D eigenvalue weighted by Gasteiger charge is -2.11. The van der Waals surface area contributed by atoms with Crippen molar-refractivity contribution in [1.82, 2.24) is 5.32 Å². The van der Waals surface area contributed by atoms with Gasteiger partial charge in [0.2, 0.25) is 5.91 Å². The van der Waals surface area contributed by atoms with Crippen LogP contribution in [0.4, 0.5) is 11.4 Å². The fraction of sp³-hybridized carbons (Fsp3) is 0.222. The van der Waals surface area contributed by atoms with Gasteiger partial charge in [0.15, 0.2) is 0 Å². The Kier molecular flexibility index (Phi) is 4.74. The molecule has 0 heterocycles. The third kappa shape index (κ3) is 4.20. The van der Waals surface area contributed by atoms with E-state index in [0.717, 1.165) is 12.8 Å². The molecule has 1 fully saturated rings. The zero-order chi connectivity index (χ0) is 17.8. The molecule has 0 bridgehead atoms. The van der Waals surface area contributed by atoms with Crippen LogP contribution in [0.3, 0.4) is 0 Å². The van der Waals surface area contributed by atoms with Gasteiger partial charge in [0, 0.05) is 17.7 Å². The minimum atomic E-state index is -0.514. The fourth-order valence-corrected chi connectivity index (χ4v) is 2.49. The van der Waals surface area contributed by atoms with Crippen molar-refractivity contribution in [3.05, 3.63) is 69.8 Å². The zero-order valence-electron chi connectivity index (χ0n) is 13.4. The summed E-state index contributed by atoms with van der Waals surface area (Å²) in [6, 6.07) is 13.0. The van der Waals surface area contributed by atoms with Crippen LogP contribution in [-0.4, -0.2) is 22.8 Å². The highest BCUT2D eigenvalue weighted by Gasteiger charge is 2.25. The summed E-state index contributed by atoms with van der Waals surface area (Å²) in [5, 5.41) is 16.6. The molecule has 0 spiro atoms. The first kappa shape index (κ1) is 16.6. The minimum absolute atomic E-state index is 0.0996. The number of para-hydroxylation sites is 2. The molecule has 25 heavy (non-hydrogen) atoms. The molecule has 7 heteroatoms. The van der Waals surface area contributed by atoms with E-state index in [4.69, 9.17) is 0 Å². The van der Waals surface area contributed by atoms with Gasteiger partial charge in [-0.25, -0.2) is 0 Å². The highest BCUT2D eigenvalue weighted by Crippen LogP contribution is 2.22.